The van der Waals surface area contributed by atoms with Crippen molar-refractivity contribution in [2.24, 2.45) is 0 Å². The summed E-state index contributed by atoms with van der Waals surface area (Å²) in [5.41, 5.74) is 1.01. The third kappa shape index (κ3) is 5.42. The zero-order valence-corrected chi connectivity index (χ0v) is 18.1. The number of benzene rings is 2. The molecule has 29 heavy (non-hydrogen) atoms. The molecule has 0 aliphatic heterocycles. The molecule has 0 fully saturated rings. The zero-order chi connectivity index (χ0) is 21.4. The summed E-state index contributed by atoms with van der Waals surface area (Å²) < 4.78 is 21.9. The van der Waals surface area contributed by atoms with Gasteiger partial charge in [-0.25, -0.2) is 0 Å². The highest BCUT2D eigenvalue weighted by Crippen LogP contribution is 2.37. The van der Waals surface area contributed by atoms with E-state index in [1.54, 1.807) is 30.3 Å². The Labute approximate surface area is 178 Å². The second-order valence-corrected chi connectivity index (χ2v) is 6.52. The maximum Gasteiger partial charge on any atom is 0.266 e. The fourth-order valence-electron chi connectivity index (χ4n) is 2.56. The lowest BCUT2D eigenvalue weighted by molar-refractivity contribution is -0.112. The Morgan fingerprint density at radius 3 is 2.41 bits per heavy atom. The summed E-state index contributed by atoms with van der Waals surface area (Å²) in [6.07, 6.45) is 1.48. The second-order valence-electron chi connectivity index (χ2n) is 5.66. The summed E-state index contributed by atoms with van der Waals surface area (Å²) in [6.45, 7) is 2.30. The van der Waals surface area contributed by atoms with E-state index in [0.717, 1.165) is 0 Å². The van der Waals surface area contributed by atoms with Crippen molar-refractivity contribution >= 4 is 33.6 Å². The van der Waals surface area contributed by atoms with Gasteiger partial charge in [0.2, 0.25) is 0 Å². The van der Waals surface area contributed by atoms with E-state index in [1.165, 1.54) is 27.4 Å². The molecule has 0 unspecified atom stereocenters. The van der Waals surface area contributed by atoms with Crippen molar-refractivity contribution in [3.8, 4) is 29.1 Å². The first kappa shape index (κ1) is 22.1. The molecule has 0 spiro atoms. The predicted octanol–water partition coefficient (Wildman–Crippen LogP) is 4.42. The standard InChI is InChI=1S/C21H21BrN2O5/c1-5-29-19-10-13(9-16(22)20(19)28-4)8-14(12-23)21(25)24-15-6-7-17(26-2)18(11-15)27-3/h6-11H,5H2,1-4H3,(H,24,25)/b14-8+. The van der Waals surface area contributed by atoms with Crippen LogP contribution in [0.2, 0.25) is 0 Å². The minimum absolute atomic E-state index is 0.0701. The van der Waals surface area contributed by atoms with Crippen LogP contribution >= 0.6 is 15.9 Å². The number of anilines is 1. The lowest BCUT2D eigenvalue weighted by atomic mass is 10.1. The van der Waals surface area contributed by atoms with Crippen molar-refractivity contribution < 1.29 is 23.7 Å². The minimum atomic E-state index is -0.551. The quantitative estimate of drug-likeness (QED) is 0.463. The molecule has 0 radical (unpaired) electrons. The van der Waals surface area contributed by atoms with Gasteiger partial charge in [-0.3, -0.25) is 4.79 Å². The number of carbonyl (C=O) groups excluding carboxylic acids is 1. The Morgan fingerprint density at radius 1 is 1.10 bits per heavy atom. The van der Waals surface area contributed by atoms with Crippen LogP contribution in [0.25, 0.3) is 6.08 Å². The van der Waals surface area contributed by atoms with Crippen molar-refractivity contribution in [1.29, 1.82) is 5.26 Å². The van der Waals surface area contributed by atoms with Crippen molar-refractivity contribution in [3.05, 3.63) is 45.9 Å². The smallest absolute Gasteiger partial charge is 0.266 e. The van der Waals surface area contributed by atoms with Crippen molar-refractivity contribution in [3.63, 3.8) is 0 Å². The SMILES string of the molecule is CCOc1cc(/C=C(\C#N)C(=O)Nc2ccc(OC)c(OC)c2)cc(Br)c1OC. The van der Waals surface area contributed by atoms with E-state index in [-0.39, 0.29) is 5.57 Å². The number of halogens is 1. The monoisotopic (exact) mass is 460 g/mol. The number of rotatable bonds is 8. The Hall–Kier alpha value is -3.18. The van der Waals surface area contributed by atoms with Crippen LogP contribution in [0.15, 0.2) is 40.4 Å². The van der Waals surface area contributed by atoms with E-state index in [4.69, 9.17) is 18.9 Å². The summed E-state index contributed by atoms with van der Waals surface area (Å²) in [7, 11) is 4.56. The number of amides is 1. The molecule has 1 N–H and O–H groups in total. The van der Waals surface area contributed by atoms with Gasteiger partial charge < -0.3 is 24.3 Å². The number of hydrogen-bond acceptors (Lipinski definition) is 6. The Morgan fingerprint density at radius 2 is 1.83 bits per heavy atom. The van der Waals surface area contributed by atoms with Crippen LogP contribution in [0.4, 0.5) is 5.69 Å². The van der Waals surface area contributed by atoms with E-state index in [0.29, 0.717) is 45.3 Å². The van der Waals surface area contributed by atoms with Gasteiger partial charge in [0.15, 0.2) is 23.0 Å². The van der Waals surface area contributed by atoms with Gasteiger partial charge >= 0.3 is 0 Å². The first-order valence-electron chi connectivity index (χ1n) is 8.62. The molecule has 0 atom stereocenters. The van der Waals surface area contributed by atoms with Gasteiger partial charge in [0.05, 0.1) is 32.4 Å². The fourth-order valence-corrected chi connectivity index (χ4v) is 3.18. The van der Waals surface area contributed by atoms with Crippen LogP contribution < -0.4 is 24.3 Å². The zero-order valence-electron chi connectivity index (χ0n) is 16.5. The Kier molecular flexibility index (Phi) is 7.92. The summed E-state index contributed by atoms with van der Waals surface area (Å²) in [4.78, 5) is 12.6. The number of hydrogen-bond donors (Lipinski definition) is 1. The van der Waals surface area contributed by atoms with Gasteiger partial charge in [-0.2, -0.15) is 5.26 Å². The Bertz CT molecular complexity index is 966. The maximum absolute atomic E-state index is 12.6. The molecule has 2 aromatic rings. The summed E-state index contributed by atoms with van der Waals surface area (Å²) in [5, 5.41) is 12.2. The highest BCUT2D eigenvalue weighted by Gasteiger charge is 2.14. The molecule has 0 bridgehead atoms. The predicted molar refractivity (Wildman–Crippen MR) is 114 cm³/mol. The van der Waals surface area contributed by atoms with Crippen molar-refractivity contribution in [2.45, 2.75) is 6.92 Å². The molecule has 0 aliphatic carbocycles. The van der Waals surface area contributed by atoms with Gasteiger partial charge in [0.1, 0.15) is 11.6 Å². The van der Waals surface area contributed by atoms with Crippen LogP contribution in [-0.2, 0) is 4.79 Å². The average Bonchev–Trinajstić information content (AvgIpc) is 2.71. The van der Waals surface area contributed by atoms with E-state index in [1.807, 2.05) is 13.0 Å². The van der Waals surface area contributed by atoms with Crippen LogP contribution in [0, 0.1) is 11.3 Å². The lowest BCUT2D eigenvalue weighted by Crippen LogP contribution is -2.13. The van der Waals surface area contributed by atoms with Gasteiger partial charge in [0, 0.05) is 11.8 Å². The van der Waals surface area contributed by atoms with E-state index >= 15 is 0 Å². The molecule has 1 amide bonds. The number of methoxy groups -OCH3 is 3. The van der Waals surface area contributed by atoms with Crippen LogP contribution in [-0.4, -0.2) is 33.8 Å². The van der Waals surface area contributed by atoms with E-state index in [2.05, 4.69) is 21.2 Å². The first-order valence-corrected chi connectivity index (χ1v) is 9.42. The van der Waals surface area contributed by atoms with Crippen LogP contribution in [0.3, 0.4) is 0 Å². The van der Waals surface area contributed by atoms with E-state index < -0.39 is 5.91 Å². The molecule has 7 nitrogen and oxygen atoms in total. The largest absolute Gasteiger partial charge is 0.493 e. The molecular formula is C21H21BrN2O5. The summed E-state index contributed by atoms with van der Waals surface area (Å²) in [5.74, 6) is 1.50. The second kappa shape index (κ2) is 10.4. The number of ether oxygens (including phenoxy) is 4. The maximum atomic E-state index is 12.6. The van der Waals surface area contributed by atoms with Crippen molar-refractivity contribution in [1.82, 2.24) is 0 Å². The molecule has 0 aliphatic rings. The topological polar surface area (TPSA) is 89.8 Å². The fraction of sp³-hybridized carbons (Fsp3) is 0.238. The summed E-state index contributed by atoms with van der Waals surface area (Å²) in [6, 6.07) is 10.3. The van der Waals surface area contributed by atoms with Gasteiger partial charge in [-0.15, -0.1) is 0 Å². The molecule has 0 saturated heterocycles. The molecule has 2 rings (SSSR count). The highest BCUT2D eigenvalue weighted by molar-refractivity contribution is 9.10. The molecule has 152 valence electrons. The molecule has 0 saturated carbocycles. The number of nitriles is 1. The van der Waals surface area contributed by atoms with Crippen LogP contribution in [0.5, 0.6) is 23.0 Å². The number of nitrogens with one attached hydrogen (secondary N) is 1. The number of carbonyl (C=O) groups is 1. The van der Waals surface area contributed by atoms with Gasteiger partial charge in [0.25, 0.3) is 5.91 Å². The van der Waals surface area contributed by atoms with Gasteiger partial charge in [-0.1, -0.05) is 0 Å². The van der Waals surface area contributed by atoms with Gasteiger partial charge in [-0.05, 0) is 58.8 Å². The third-order valence-electron chi connectivity index (χ3n) is 3.85. The molecule has 2 aromatic carbocycles. The van der Waals surface area contributed by atoms with Crippen LogP contribution in [0.1, 0.15) is 12.5 Å². The highest BCUT2D eigenvalue weighted by atomic mass is 79.9. The van der Waals surface area contributed by atoms with E-state index in [9.17, 15) is 10.1 Å². The average molecular weight is 461 g/mol. The normalized spacial score (nSPS) is 10.7. The molecular weight excluding hydrogens is 440 g/mol. The molecule has 8 heteroatoms. The minimum Gasteiger partial charge on any atom is -0.493 e. The third-order valence-corrected chi connectivity index (χ3v) is 4.44. The van der Waals surface area contributed by atoms with Crippen molar-refractivity contribution in [2.75, 3.05) is 33.3 Å². The lowest BCUT2D eigenvalue weighted by Gasteiger charge is -2.12. The number of nitrogens with zero attached hydrogens (tertiary/aromatic N) is 1. The Balaban J connectivity index is 2.32. The first-order chi connectivity index (χ1) is 14.0. The molecule has 0 heterocycles. The summed E-state index contributed by atoms with van der Waals surface area (Å²) >= 11 is 3.42. The molecule has 0 aromatic heterocycles.